The van der Waals surface area contributed by atoms with Gasteiger partial charge in [0.1, 0.15) is 17.4 Å². The van der Waals surface area contributed by atoms with E-state index in [-0.39, 0.29) is 28.9 Å². The summed E-state index contributed by atoms with van der Waals surface area (Å²) in [6, 6.07) is 14.0. The van der Waals surface area contributed by atoms with Crippen LogP contribution in [0.4, 0.5) is 5.13 Å². The Bertz CT molecular complexity index is 1720. The van der Waals surface area contributed by atoms with Crippen molar-refractivity contribution in [1.29, 1.82) is 5.26 Å². The van der Waals surface area contributed by atoms with Gasteiger partial charge in [0, 0.05) is 36.8 Å². The molecule has 1 aromatic heterocycles. The lowest BCUT2D eigenvalue weighted by Crippen LogP contribution is -2.53. The van der Waals surface area contributed by atoms with Gasteiger partial charge in [-0.2, -0.15) is 10.3 Å². The summed E-state index contributed by atoms with van der Waals surface area (Å²) in [7, 11) is 2.89. The number of carbonyl (C=O) groups is 3. The highest BCUT2D eigenvalue weighted by Gasteiger charge is 2.40. The van der Waals surface area contributed by atoms with Crippen LogP contribution in [0.3, 0.4) is 0 Å². The van der Waals surface area contributed by atoms with Crippen molar-refractivity contribution >= 4 is 40.3 Å². The standard InChI is InChI=1S/C36H41N5O5S/c1-7-9-16-40(17-10-8-2)36-38-32(31-26(22-42)18-23(3)19-29(31)46-6)30(47-36)20-27-24(4)28(21-37)35(45)41(34(27)44)39(5)33(43)25-14-12-11-13-15-25/h11-15,18-20,42H,7-10,16-17,22H2,1-6H3/b27-20-. The molecule has 1 N–H and O–H groups in total. The van der Waals surface area contributed by atoms with Gasteiger partial charge in [-0.1, -0.05) is 62.3 Å². The van der Waals surface area contributed by atoms with Crippen LogP contribution in [0.2, 0.25) is 0 Å². The Hall–Kier alpha value is -4.79. The molecule has 0 bridgehead atoms. The summed E-state index contributed by atoms with van der Waals surface area (Å²) in [5, 5.41) is 22.9. The number of hydrogen-bond donors (Lipinski definition) is 1. The molecule has 10 nitrogen and oxygen atoms in total. The number of benzene rings is 2. The molecule has 1 aliphatic heterocycles. The van der Waals surface area contributed by atoms with Crippen molar-refractivity contribution in [1.82, 2.24) is 15.0 Å². The molecule has 0 fully saturated rings. The number of carbonyl (C=O) groups excluding carboxylic acids is 3. The van der Waals surface area contributed by atoms with Crippen LogP contribution in [-0.2, 0) is 16.2 Å². The molecule has 0 unspecified atom stereocenters. The van der Waals surface area contributed by atoms with Gasteiger partial charge in [-0.3, -0.25) is 14.4 Å². The van der Waals surface area contributed by atoms with E-state index in [1.165, 1.54) is 18.4 Å². The fourth-order valence-electron chi connectivity index (χ4n) is 5.45. The van der Waals surface area contributed by atoms with Crippen LogP contribution in [0.15, 0.2) is 59.2 Å². The average Bonchev–Trinajstić information content (AvgIpc) is 3.49. The van der Waals surface area contributed by atoms with Crippen LogP contribution in [0, 0.1) is 18.3 Å². The molecular formula is C36H41N5O5S. The van der Waals surface area contributed by atoms with Crippen molar-refractivity contribution < 1.29 is 24.2 Å². The first-order valence-corrected chi connectivity index (χ1v) is 16.5. The van der Waals surface area contributed by atoms with Gasteiger partial charge in [-0.15, -0.1) is 0 Å². The third kappa shape index (κ3) is 7.29. The fourth-order valence-corrected chi connectivity index (χ4v) is 6.51. The van der Waals surface area contributed by atoms with Gasteiger partial charge >= 0.3 is 0 Å². The monoisotopic (exact) mass is 655 g/mol. The summed E-state index contributed by atoms with van der Waals surface area (Å²) in [5.74, 6) is -1.68. The van der Waals surface area contributed by atoms with Crippen molar-refractivity contribution in [2.24, 2.45) is 0 Å². The van der Waals surface area contributed by atoms with Crippen LogP contribution in [0.25, 0.3) is 17.3 Å². The normalized spacial score (nSPS) is 14.1. The predicted octanol–water partition coefficient (Wildman–Crippen LogP) is 6.31. The molecule has 0 saturated heterocycles. The van der Waals surface area contributed by atoms with Crippen molar-refractivity contribution in [3.8, 4) is 23.1 Å². The lowest BCUT2D eigenvalue weighted by Gasteiger charge is -2.33. The number of aryl methyl sites for hydroxylation is 1. The average molecular weight is 656 g/mol. The highest BCUT2D eigenvalue weighted by molar-refractivity contribution is 7.17. The molecular weight excluding hydrogens is 614 g/mol. The van der Waals surface area contributed by atoms with Crippen molar-refractivity contribution in [3.05, 3.63) is 80.8 Å². The summed E-state index contributed by atoms with van der Waals surface area (Å²) in [6.07, 6.45) is 5.58. The molecule has 1 aliphatic rings. The molecule has 0 spiro atoms. The Morgan fingerprint density at radius 2 is 1.74 bits per heavy atom. The molecule has 0 radical (unpaired) electrons. The van der Waals surface area contributed by atoms with E-state index in [4.69, 9.17) is 9.72 Å². The van der Waals surface area contributed by atoms with Crippen molar-refractivity contribution in [2.45, 2.75) is 60.0 Å². The number of aromatic nitrogens is 1. The van der Waals surface area contributed by atoms with E-state index in [0.717, 1.165) is 59.5 Å². The number of nitrogens with zero attached hydrogens (tertiary/aromatic N) is 5. The van der Waals surface area contributed by atoms with Crippen LogP contribution in [0.5, 0.6) is 5.75 Å². The summed E-state index contributed by atoms with van der Waals surface area (Å²) in [6.45, 7) is 9.05. The first-order valence-electron chi connectivity index (χ1n) is 15.7. The van der Waals surface area contributed by atoms with Crippen LogP contribution < -0.4 is 9.64 Å². The number of imide groups is 1. The second-order valence-corrected chi connectivity index (χ2v) is 12.4. The molecule has 0 atom stereocenters. The molecule has 246 valence electrons. The Labute approximate surface area is 280 Å². The predicted molar refractivity (Wildman–Crippen MR) is 183 cm³/mol. The van der Waals surface area contributed by atoms with E-state index in [9.17, 15) is 24.8 Å². The maximum Gasteiger partial charge on any atom is 0.290 e. The van der Waals surface area contributed by atoms with Gasteiger partial charge in [0.25, 0.3) is 17.7 Å². The summed E-state index contributed by atoms with van der Waals surface area (Å²) in [4.78, 5) is 48.9. The summed E-state index contributed by atoms with van der Waals surface area (Å²) >= 11 is 1.39. The van der Waals surface area contributed by atoms with Gasteiger partial charge in [0.15, 0.2) is 5.13 Å². The lowest BCUT2D eigenvalue weighted by molar-refractivity contribution is -0.153. The van der Waals surface area contributed by atoms with Gasteiger partial charge in [-0.05, 0) is 67.7 Å². The molecule has 4 rings (SSSR count). The maximum atomic E-state index is 14.2. The highest BCUT2D eigenvalue weighted by atomic mass is 32.1. The molecule has 2 aromatic carbocycles. The molecule has 2 heterocycles. The second-order valence-electron chi connectivity index (χ2n) is 11.3. The number of hydrogen-bond acceptors (Lipinski definition) is 9. The van der Waals surface area contributed by atoms with E-state index >= 15 is 0 Å². The Balaban J connectivity index is 1.95. The first kappa shape index (κ1) is 35.1. The summed E-state index contributed by atoms with van der Waals surface area (Å²) in [5.41, 5.74) is 2.93. The molecule has 3 amide bonds. The molecule has 3 aromatic rings. The van der Waals surface area contributed by atoms with E-state index in [1.807, 2.05) is 25.1 Å². The Morgan fingerprint density at radius 1 is 1.09 bits per heavy atom. The largest absolute Gasteiger partial charge is 0.496 e. The van der Waals surface area contributed by atoms with Crippen LogP contribution >= 0.6 is 11.3 Å². The minimum atomic E-state index is -0.878. The van der Waals surface area contributed by atoms with Crippen molar-refractivity contribution in [2.75, 3.05) is 32.1 Å². The van der Waals surface area contributed by atoms with E-state index in [2.05, 4.69) is 18.7 Å². The quantitative estimate of drug-likeness (QED) is 0.168. The number of aliphatic hydroxyl groups is 1. The number of hydrazine groups is 1. The number of unbranched alkanes of at least 4 members (excludes halogenated alkanes) is 2. The zero-order valence-electron chi connectivity index (χ0n) is 27.8. The number of methoxy groups -OCH3 is 1. The molecule has 47 heavy (non-hydrogen) atoms. The van der Waals surface area contributed by atoms with Gasteiger partial charge in [-0.25, -0.2) is 9.99 Å². The third-order valence-electron chi connectivity index (χ3n) is 8.04. The van der Waals surface area contributed by atoms with E-state index < -0.39 is 17.7 Å². The number of aliphatic hydroxyl groups excluding tert-OH is 1. The number of ether oxygens (including phenoxy) is 1. The maximum absolute atomic E-state index is 14.2. The second kappa shape index (κ2) is 15.7. The van der Waals surface area contributed by atoms with Gasteiger partial charge in [0.05, 0.1) is 24.3 Å². The number of anilines is 1. The first-order chi connectivity index (χ1) is 22.6. The number of nitriles is 1. The summed E-state index contributed by atoms with van der Waals surface area (Å²) < 4.78 is 5.78. The minimum absolute atomic E-state index is 0.0793. The highest BCUT2D eigenvalue weighted by Crippen LogP contribution is 2.42. The smallest absolute Gasteiger partial charge is 0.290 e. The number of rotatable bonds is 13. The van der Waals surface area contributed by atoms with Crippen LogP contribution in [-0.4, -0.2) is 65.1 Å². The SMILES string of the molecule is CCCCN(CCCC)c1nc(-c2c(CO)cc(C)cc2OC)c(/C=C2\C(=O)N(N(C)C(=O)c3ccccc3)C(=O)C(C#N)=C2C)s1. The van der Waals surface area contributed by atoms with Crippen molar-refractivity contribution in [3.63, 3.8) is 0 Å². The molecule has 11 heteroatoms. The molecule has 0 saturated carbocycles. The number of amides is 3. The van der Waals surface area contributed by atoms with Crippen LogP contribution in [0.1, 0.15) is 72.8 Å². The minimum Gasteiger partial charge on any atom is -0.496 e. The zero-order valence-corrected chi connectivity index (χ0v) is 28.6. The van der Waals surface area contributed by atoms with Gasteiger partial charge in [0.2, 0.25) is 0 Å². The van der Waals surface area contributed by atoms with Gasteiger partial charge < -0.3 is 14.7 Å². The van der Waals surface area contributed by atoms with E-state index in [1.54, 1.807) is 50.4 Å². The topological polar surface area (TPSA) is 127 Å². The third-order valence-corrected chi connectivity index (χ3v) is 9.10. The van der Waals surface area contributed by atoms with E-state index in [0.29, 0.717) is 27.4 Å². The zero-order chi connectivity index (χ0) is 34.2. The Kier molecular flexibility index (Phi) is 11.7. The number of thiazole rings is 1. The lowest BCUT2D eigenvalue weighted by atomic mass is 9.94. The fraction of sp³-hybridized carbons (Fsp3) is 0.361. The Morgan fingerprint density at radius 3 is 2.32 bits per heavy atom. The molecule has 0 aliphatic carbocycles.